The largest absolute Gasteiger partial charge is 0.326 e. The maximum atomic E-state index is 13.3. The summed E-state index contributed by atoms with van der Waals surface area (Å²) in [5.74, 6) is -0.746. The summed E-state index contributed by atoms with van der Waals surface area (Å²) in [6.45, 7) is 1.71. The molecule has 0 bridgehead atoms. The Morgan fingerprint density at radius 3 is 2.67 bits per heavy atom. The van der Waals surface area contributed by atoms with Crippen LogP contribution in [0.1, 0.15) is 13.3 Å². The van der Waals surface area contributed by atoms with Gasteiger partial charge in [0.25, 0.3) is 0 Å². The fourth-order valence-electron chi connectivity index (χ4n) is 1.06. The first-order chi connectivity index (χ1) is 7.04. The lowest BCUT2D eigenvalue weighted by atomic mass is 10.3. The molecule has 1 atom stereocenters. The van der Waals surface area contributed by atoms with Gasteiger partial charge in [-0.05, 0) is 18.2 Å². The van der Waals surface area contributed by atoms with E-state index in [1.54, 1.807) is 6.92 Å². The predicted molar refractivity (Wildman–Crippen MR) is 57.7 cm³/mol. The number of carbonyl (C=O) groups is 1. The molecule has 0 saturated heterocycles. The summed E-state index contributed by atoms with van der Waals surface area (Å²) in [5.41, 5.74) is 0.383. The maximum Gasteiger partial charge on any atom is 0.224 e. The highest BCUT2D eigenvalue weighted by Crippen LogP contribution is 2.17. The predicted octanol–water partition coefficient (Wildman–Crippen LogP) is 1.91. The number of benzene rings is 1. The number of nitrogens with one attached hydrogen (secondary N) is 1. The highest BCUT2D eigenvalue weighted by molar-refractivity contribution is 7.84. The smallest absolute Gasteiger partial charge is 0.224 e. The van der Waals surface area contributed by atoms with Crippen molar-refractivity contribution in [3.8, 4) is 0 Å². The van der Waals surface area contributed by atoms with Crippen LogP contribution >= 0.6 is 0 Å². The molecular weight excluding hydrogens is 217 g/mol. The van der Waals surface area contributed by atoms with Crippen molar-refractivity contribution in [3.63, 3.8) is 0 Å². The van der Waals surface area contributed by atoms with Crippen LogP contribution in [0.15, 0.2) is 23.1 Å². The van der Waals surface area contributed by atoms with Gasteiger partial charge in [0.05, 0.1) is 15.7 Å². The molecule has 1 aromatic carbocycles. The number of hydrogen-bond acceptors (Lipinski definition) is 2. The lowest BCUT2D eigenvalue weighted by molar-refractivity contribution is -0.115. The van der Waals surface area contributed by atoms with Crippen molar-refractivity contribution in [2.75, 3.05) is 11.6 Å². The second kappa shape index (κ2) is 5.02. The van der Waals surface area contributed by atoms with Gasteiger partial charge in [0.1, 0.15) is 5.82 Å². The second-order valence-electron chi connectivity index (χ2n) is 3.00. The van der Waals surface area contributed by atoms with E-state index in [9.17, 15) is 13.4 Å². The third kappa shape index (κ3) is 3.13. The Morgan fingerprint density at radius 1 is 1.53 bits per heavy atom. The minimum Gasteiger partial charge on any atom is -0.326 e. The number of carbonyl (C=O) groups excluding carboxylic acids is 1. The highest BCUT2D eigenvalue weighted by atomic mass is 32.2. The minimum absolute atomic E-state index is 0.143. The zero-order chi connectivity index (χ0) is 11.4. The molecule has 0 radical (unpaired) electrons. The molecular formula is C10H12FNO2S. The normalized spacial score (nSPS) is 12.2. The number of hydrogen-bond donors (Lipinski definition) is 1. The van der Waals surface area contributed by atoms with E-state index in [0.29, 0.717) is 12.1 Å². The monoisotopic (exact) mass is 229 g/mol. The van der Waals surface area contributed by atoms with E-state index in [1.165, 1.54) is 24.5 Å². The summed E-state index contributed by atoms with van der Waals surface area (Å²) in [7, 11) is -1.35. The van der Waals surface area contributed by atoms with Gasteiger partial charge in [-0.1, -0.05) is 6.92 Å². The molecule has 0 aliphatic rings. The Hall–Kier alpha value is -1.23. The first-order valence-electron chi connectivity index (χ1n) is 4.47. The SMILES string of the molecule is CCC(=O)Nc1ccc(S(C)=O)c(F)c1. The van der Waals surface area contributed by atoms with Crippen molar-refractivity contribution in [1.29, 1.82) is 0 Å². The van der Waals surface area contributed by atoms with Crippen LogP contribution in [0.3, 0.4) is 0 Å². The van der Waals surface area contributed by atoms with Gasteiger partial charge in [-0.25, -0.2) is 4.39 Å². The Bertz CT molecular complexity index is 406. The summed E-state index contributed by atoms with van der Waals surface area (Å²) in [4.78, 5) is 11.2. The highest BCUT2D eigenvalue weighted by Gasteiger charge is 2.07. The summed E-state index contributed by atoms with van der Waals surface area (Å²) in [5, 5.41) is 2.52. The van der Waals surface area contributed by atoms with Gasteiger partial charge in [0.2, 0.25) is 5.91 Å². The average molecular weight is 229 g/mol. The zero-order valence-corrected chi connectivity index (χ0v) is 9.36. The van der Waals surface area contributed by atoms with Crippen molar-refractivity contribution >= 4 is 22.4 Å². The van der Waals surface area contributed by atoms with Crippen LogP contribution in [0.25, 0.3) is 0 Å². The van der Waals surface area contributed by atoms with Crippen LogP contribution in [0.4, 0.5) is 10.1 Å². The molecule has 0 heterocycles. The van der Waals surface area contributed by atoms with Gasteiger partial charge in [-0.2, -0.15) is 0 Å². The van der Waals surface area contributed by atoms with Crippen LogP contribution in [-0.4, -0.2) is 16.4 Å². The molecule has 0 aliphatic heterocycles. The molecule has 15 heavy (non-hydrogen) atoms. The number of amides is 1. The summed E-state index contributed by atoms with van der Waals surface area (Å²) in [6.07, 6.45) is 1.74. The molecule has 1 unspecified atom stereocenters. The van der Waals surface area contributed by atoms with E-state index in [-0.39, 0.29) is 10.8 Å². The molecule has 82 valence electrons. The first-order valence-corrected chi connectivity index (χ1v) is 6.03. The van der Waals surface area contributed by atoms with Crippen LogP contribution in [0, 0.1) is 5.82 Å². The lowest BCUT2D eigenvalue weighted by Crippen LogP contribution is -2.09. The Balaban J connectivity index is 2.91. The fraction of sp³-hybridized carbons (Fsp3) is 0.300. The van der Waals surface area contributed by atoms with E-state index < -0.39 is 16.6 Å². The van der Waals surface area contributed by atoms with Gasteiger partial charge >= 0.3 is 0 Å². The van der Waals surface area contributed by atoms with Crippen LogP contribution in [-0.2, 0) is 15.6 Å². The van der Waals surface area contributed by atoms with Crippen molar-refractivity contribution in [3.05, 3.63) is 24.0 Å². The fourth-order valence-corrected chi connectivity index (χ4v) is 1.65. The number of anilines is 1. The molecule has 1 N–H and O–H groups in total. The van der Waals surface area contributed by atoms with Gasteiger partial charge in [-0.3, -0.25) is 9.00 Å². The quantitative estimate of drug-likeness (QED) is 0.860. The van der Waals surface area contributed by atoms with Gasteiger partial charge in [0.15, 0.2) is 0 Å². The molecule has 0 aromatic heterocycles. The number of halogens is 1. The Morgan fingerprint density at radius 2 is 2.20 bits per heavy atom. The van der Waals surface area contributed by atoms with E-state index in [1.807, 2.05) is 0 Å². The van der Waals surface area contributed by atoms with Gasteiger partial charge in [0, 0.05) is 18.4 Å². The molecule has 1 amide bonds. The molecule has 1 rings (SSSR count). The summed E-state index contributed by atoms with van der Waals surface area (Å²) in [6, 6.07) is 4.12. The van der Waals surface area contributed by atoms with Gasteiger partial charge < -0.3 is 5.32 Å². The zero-order valence-electron chi connectivity index (χ0n) is 8.54. The van der Waals surface area contributed by atoms with Crippen LogP contribution in [0.2, 0.25) is 0 Å². The number of rotatable bonds is 3. The van der Waals surface area contributed by atoms with Crippen molar-refractivity contribution in [2.45, 2.75) is 18.2 Å². The molecule has 0 fully saturated rings. The summed E-state index contributed by atoms with van der Waals surface area (Å²) >= 11 is 0. The second-order valence-corrected chi connectivity index (χ2v) is 4.35. The van der Waals surface area contributed by atoms with Crippen molar-refractivity contribution in [1.82, 2.24) is 0 Å². The standard InChI is InChI=1S/C10H12FNO2S/c1-3-10(13)12-7-4-5-9(15(2)14)8(11)6-7/h4-6H,3H2,1-2H3,(H,12,13). The topological polar surface area (TPSA) is 46.2 Å². The minimum atomic E-state index is -1.35. The van der Waals surface area contributed by atoms with Gasteiger partial charge in [-0.15, -0.1) is 0 Å². The molecule has 0 aliphatic carbocycles. The lowest BCUT2D eigenvalue weighted by Gasteiger charge is -2.05. The van der Waals surface area contributed by atoms with Crippen molar-refractivity contribution < 1.29 is 13.4 Å². The van der Waals surface area contributed by atoms with E-state index in [4.69, 9.17) is 0 Å². The molecule has 5 heteroatoms. The van der Waals surface area contributed by atoms with E-state index >= 15 is 0 Å². The first kappa shape index (κ1) is 11.8. The third-order valence-corrected chi connectivity index (χ3v) is 2.80. The molecule has 1 aromatic rings. The molecule has 3 nitrogen and oxygen atoms in total. The van der Waals surface area contributed by atoms with Crippen molar-refractivity contribution in [2.24, 2.45) is 0 Å². The Labute approximate surface area is 90.1 Å². The summed E-state index contributed by atoms with van der Waals surface area (Å²) < 4.78 is 24.4. The van der Waals surface area contributed by atoms with E-state index in [2.05, 4.69) is 5.32 Å². The van der Waals surface area contributed by atoms with Crippen LogP contribution in [0.5, 0.6) is 0 Å². The third-order valence-electron chi connectivity index (χ3n) is 1.85. The average Bonchev–Trinajstić information content (AvgIpc) is 2.17. The van der Waals surface area contributed by atoms with Crippen LogP contribution < -0.4 is 5.32 Å². The molecule has 0 spiro atoms. The Kier molecular flexibility index (Phi) is 3.96. The maximum absolute atomic E-state index is 13.3. The molecule has 0 saturated carbocycles. The van der Waals surface area contributed by atoms with E-state index in [0.717, 1.165) is 0 Å².